The Morgan fingerprint density at radius 2 is 0.545 bits per heavy atom. The molecule has 22 heteroatoms. The van der Waals surface area contributed by atoms with Crippen molar-refractivity contribution >= 4 is 0 Å². The maximum Gasteiger partial charge on any atom is 2.00 e. The zero-order valence-corrected chi connectivity index (χ0v) is 20.2. The summed E-state index contributed by atoms with van der Waals surface area (Å²) in [4.78, 5) is 0. The monoisotopic (exact) mass is 703 g/mol. The van der Waals surface area contributed by atoms with Gasteiger partial charge in [-0.15, -0.1) is 0 Å². The Morgan fingerprint density at radius 3 is 0.545 bits per heavy atom. The fourth-order valence-corrected chi connectivity index (χ4v) is 0. The van der Waals surface area contributed by atoms with E-state index in [-0.39, 0.29) is 72.4 Å². The second kappa shape index (κ2) is 17.0. The first-order valence-corrected chi connectivity index (χ1v) is 11.3. The van der Waals surface area contributed by atoms with Gasteiger partial charge in [0.15, 0.2) is 0 Å². The maximum atomic E-state index is 8.82. The predicted octanol–water partition coefficient (Wildman–Crippen LogP) is -10.3. The molecule has 0 fully saturated rings. The summed E-state index contributed by atoms with van der Waals surface area (Å²) in [5, 5.41) is 0. The Labute approximate surface area is 187 Å². The summed E-state index contributed by atoms with van der Waals surface area (Å²) in [6.07, 6.45) is 0. The summed E-state index contributed by atoms with van der Waals surface area (Å²) in [7, 11) is 0. The first kappa shape index (κ1) is 39.6. The van der Waals surface area contributed by atoms with Crippen LogP contribution in [0.15, 0.2) is 0 Å². The van der Waals surface area contributed by atoms with Gasteiger partial charge in [-0.1, -0.05) is 0 Å². The third-order valence-electron chi connectivity index (χ3n) is 0. The fourth-order valence-electron chi connectivity index (χ4n) is 0. The van der Waals surface area contributed by atoms with Crippen molar-refractivity contribution in [2.75, 3.05) is 0 Å². The van der Waals surface area contributed by atoms with Crippen LogP contribution in [0.5, 0.6) is 0 Å². The summed E-state index contributed by atoms with van der Waals surface area (Å²) in [5.74, 6) is 0. The van der Waals surface area contributed by atoms with Gasteiger partial charge in [0.05, 0.1) is 0 Å². The molecule has 0 spiro atoms. The predicted molar refractivity (Wildman–Crippen MR) is 16.6 cm³/mol. The van der Waals surface area contributed by atoms with Crippen molar-refractivity contribution in [3.63, 3.8) is 0 Å². The van der Waals surface area contributed by atoms with Crippen molar-refractivity contribution in [2.45, 2.75) is 0 Å². The van der Waals surface area contributed by atoms with E-state index >= 15 is 0 Å². The molecule has 0 aromatic heterocycles. The molecule has 0 saturated carbocycles. The molecule has 0 unspecified atom stereocenters. The van der Waals surface area contributed by atoms with Crippen LogP contribution in [-0.4, -0.2) is 20.8 Å². The smallest absolute Gasteiger partial charge is 2.00 e. The third kappa shape index (κ3) is 1630. The van der Waals surface area contributed by atoms with Crippen LogP contribution in [0.4, 0.5) is 0 Å². The molecule has 0 rings (SSSR count). The molecule has 136 valence electrons. The van der Waals surface area contributed by atoms with E-state index < -0.39 is 54.5 Å². The summed E-state index contributed by atoms with van der Waals surface area (Å²) >= 11 is -21.8. The molecule has 5 N–H and O–H groups in total. The first-order valence-electron chi connectivity index (χ1n) is 2.75. The number of rotatable bonds is 0. The standard InChI is InChI=1S/4Cr.K.5H2O.11O.Pt/h;;;;;5*1H2;;;;;;;;;;;;/q;+1;2*+2;+1;;;;;;;;;;;;;;3*-1;+2/p-5. The Balaban J connectivity index is -0.0000000376. The van der Waals surface area contributed by atoms with E-state index in [1.165, 1.54) is 0 Å². The molecule has 0 bridgehead atoms. The molecule has 0 aromatic carbocycles. The van der Waals surface area contributed by atoms with E-state index in [9.17, 15) is 0 Å². The molecule has 22 heavy (non-hydrogen) atoms. The summed E-state index contributed by atoms with van der Waals surface area (Å²) in [6.45, 7) is 0. The maximum absolute atomic E-state index is 8.82. The molecule has 0 atom stereocenters. The van der Waals surface area contributed by atoms with E-state index in [4.69, 9.17) is 63.7 Å². The minimum Gasteiger partial charge on any atom is 2.00 e. The van der Waals surface area contributed by atoms with Crippen molar-refractivity contribution in [1.82, 2.24) is 0 Å². The fraction of sp³-hybridized carbons (Fsp3) is 0. The zero-order valence-electron chi connectivity index (χ0n) is 9.68. The van der Waals surface area contributed by atoms with E-state index in [0.717, 1.165) is 0 Å². The van der Waals surface area contributed by atoms with Gasteiger partial charge in [0.2, 0.25) is 0 Å². The van der Waals surface area contributed by atoms with Crippen LogP contribution >= 0.6 is 0 Å². The molecule has 0 amide bonds. The molecule has 16 nitrogen and oxygen atoms in total. The Bertz CT molecular complexity index is 479. The van der Waals surface area contributed by atoms with Crippen LogP contribution in [0.1, 0.15) is 0 Å². The van der Waals surface area contributed by atoms with Gasteiger partial charge in [0.25, 0.3) is 0 Å². The van der Waals surface area contributed by atoms with Gasteiger partial charge in [-0.2, -0.15) is 0 Å². The second-order valence-electron chi connectivity index (χ2n) is 1.73. The molecule has 0 aliphatic rings. The van der Waals surface area contributed by atoms with E-state index in [0.29, 0.717) is 0 Å². The molecule has 0 heterocycles. The number of hydrogen-bond donors (Lipinski definition) is 5. The molecule has 0 saturated heterocycles. The van der Waals surface area contributed by atoms with E-state index in [2.05, 4.69) is 0 Å². The van der Waals surface area contributed by atoms with Gasteiger partial charge in [0, 0.05) is 0 Å². The largest absolute Gasteiger partial charge is 2.00 e. The van der Waals surface area contributed by atoms with Gasteiger partial charge in [-0.25, -0.2) is 0 Å². The van der Waals surface area contributed by atoms with E-state index in [1.54, 1.807) is 0 Å². The van der Waals surface area contributed by atoms with Crippen molar-refractivity contribution in [3.05, 3.63) is 0 Å². The van der Waals surface area contributed by atoms with Crippen molar-refractivity contribution in [1.29, 1.82) is 0 Å². The Hall–Kier alpha value is 2.53. The molecule has 0 aromatic rings. The summed E-state index contributed by atoms with van der Waals surface area (Å²) in [6, 6.07) is 0. The second-order valence-corrected chi connectivity index (χ2v) is 7.14. The summed E-state index contributed by atoms with van der Waals surface area (Å²) < 4.78 is 131. The zero-order chi connectivity index (χ0) is 18.0. The van der Waals surface area contributed by atoms with Crippen LogP contribution in [0.25, 0.3) is 0 Å². The normalized spacial score (nSPS) is 10.5. The van der Waals surface area contributed by atoms with Gasteiger partial charge in [0.1, 0.15) is 0 Å². The van der Waals surface area contributed by atoms with Gasteiger partial charge in [-0.3, -0.25) is 0 Å². The Kier molecular flexibility index (Phi) is 30.5. The van der Waals surface area contributed by atoms with Crippen LogP contribution in [0.3, 0.4) is 0 Å². The Morgan fingerprint density at radius 1 is 0.545 bits per heavy atom. The van der Waals surface area contributed by atoms with Crippen LogP contribution in [0, 0.1) is 0 Å². The van der Waals surface area contributed by atoms with Crippen LogP contribution < -0.4 is 63.9 Å². The average Bonchev–Trinajstić information content (AvgIpc) is 1.62. The minimum absolute atomic E-state index is 0. The van der Waals surface area contributed by atoms with Crippen molar-refractivity contribution in [3.8, 4) is 0 Å². The van der Waals surface area contributed by atoms with E-state index in [1.807, 2.05) is 0 Å². The first-order chi connectivity index (χ1) is 8.00. The van der Waals surface area contributed by atoms with Gasteiger partial charge < -0.3 is 0 Å². The van der Waals surface area contributed by atoms with Gasteiger partial charge >= 0.3 is 191 Å². The SMILES string of the molecule is [K+].[O]=[Cr](=[O])([O-])[O-].[O]=[Cr](=[O])([O-])[OH].[O]=[Cr](=[O])([OH])[OH].[O]=[Cr](=[O])([OH])[OH].[Pt+2]. The number of hydrogen-bond acceptors (Lipinski definition) is 11. The quantitative estimate of drug-likeness (QED) is 0.146. The molecule has 0 radical (unpaired) electrons. The van der Waals surface area contributed by atoms with Crippen molar-refractivity contribution < 1.29 is 191 Å². The molecular formula is H5Cr4KO16Pt. The van der Waals surface area contributed by atoms with Crippen molar-refractivity contribution in [2.24, 2.45) is 0 Å². The molecule has 0 aliphatic heterocycles. The summed E-state index contributed by atoms with van der Waals surface area (Å²) in [5.41, 5.74) is 0. The van der Waals surface area contributed by atoms with Crippen LogP contribution in [-0.2, 0) is 106 Å². The third-order valence-corrected chi connectivity index (χ3v) is 0. The van der Waals surface area contributed by atoms with Gasteiger partial charge in [-0.05, 0) is 0 Å². The minimum atomic E-state index is -5.75. The average molecular weight is 703 g/mol. The molecule has 0 aliphatic carbocycles. The topological polar surface area (TPSA) is 307 Å². The molecular weight excluding hydrogens is 698 g/mol. The van der Waals surface area contributed by atoms with Crippen LogP contribution in [0.2, 0.25) is 0 Å².